The summed E-state index contributed by atoms with van der Waals surface area (Å²) < 4.78 is 0. The van der Waals surface area contributed by atoms with Gasteiger partial charge in [0.2, 0.25) is 0 Å². The topological polar surface area (TPSA) is 85.2 Å². The van der Waals surface area contributed by atoms with Gasteiger partial charge < -0.3 is 16.6 Å². The molecule has 0 amide bonds. The van der Waals surface area contributed by atoms with Gasteiger partial charge in [-0.25, -0.2) is 0 Å². The molecule has 54 valence electrons. The highest BCUT2D eigenvalue weighted by molar-refractivity contribution is 5.42. The maximum atomic E-state index is 9.07. The van der Waals surface area contributed by atoms with Crippen LogP contribution in [0.4, 0.5) is 5.69 Å². The first-order chi connectivity index (χ1) is 4.74. The summed E-state index contributed by atoms with van der Waals surface area (Å²) in [4.78, 5) is 3.80. The summed E-state index contributed by atoms with van der Waals surface area (Å²) in [7, 11) is 0. The summed E-state index contributed by atoms with van der Waals surface area (Å²) in [6.07, 6.45) is 1.46. The monoisotopic (exact) mass is 139 g/mol. The van der Waals surface area contributed by atoms with Crippen molar-refractivity contribution >= 4 is 5.69 Å². The molecule has 0 aromatic carbocycles. The van der Waals surface area contributed by atoms with Gasteiger partial charge in [0.1, 0.15) is 5.75 Å². The van der Waals surface area contributed by atoms with Crippen molar-refractivity contribution in [3.63, 3.8) is 0 Å². The maximum absolute atomic E-state index is 9.07. The van der Waals surface area contributed by atoms with Crippen LogP contribution in [0.1, 0.15) is 5.69 Å². The molecule has 4 nitrogen and oxygen atoms in total. The summed E-state index contributed by atoms with van der Waals surface area (Å²) in [5.74, 6) is 0.0579. The Bertz CT molecular complexity index is 236. The van der Waals surface area contributed by atoms with Gasteiger partial charge in [-0.1, -0.05) is 0 Å². The Morgan fingerprint density at radius 1 is 1.60 bits per heavy atom. The van der Waals surface area contributed by atoms with Crippen molar-refractivity contribution in [1.29, 1.82) is 0 Å². The number of pyridine rings is 1. The highest BCUT2D eigenvalue weighted by atomic mass is 16.3. The molecule has 5 N–H and O–H groups in total. The normalized spacial score (nSPS) is 9.70. The van der Waals surface area contributed by atoms with E-state index < -0.39 is 0 Å². The van der Waals surface area contributed by atoms with E-state index in [4.69, 9.17) is 16.6 Å². The fraction of sp³-hybridized carbons (Fsp3) is 0.167. The van der Waals surface area contributed by atoms with Gasteiger partial charge >= 0.3 is 0 Å². The van der Waals surface area contributed by atoms with Gasteiger partial charge in [0.25, 0.3) is 0 Å². The number of rotatable bonds is 1. The van der Waals surface area contributed by atoms with Crippen LogP contribution in [0.25, 0.3) is 0 Å². The highest BCUT2D eigenvalue weighted by Crippen LogP contribution is 2.15. The quantitative estimate of drug-likeness (QED) is 0.504. The van der Waals surface area contributed by atoms with Gasteiger partial charge in [-0.2, -0.15) is 0 Å². The van der Waals surface area contributed by atoms with Crippen molar-refractivity contribution in [2.45, 2.75) is 6.54 Å². The highest BCUT2D eigenvalue weighted by Gasteiger charge is 1.98. The first-order valence-electron chi connectivity index (χ1n) is 2.87. The predicted molar refractivity (Wildman–Crippen MR) is 38.2 cm³/mol. The number of hydrogen-bond acceptors (Lipinski definition) is 4. The van der Waals surface area contributed by atoms with Crippen molar-refractivity contribution in [3.8, 4) is 5.75 Å². The Morgan fingerprint density at radius 3 is 2.80 bits per heavy atom. The summed E-state index contributed by atoms with van der Waals surface area (Å²) in [5.41, 5.74) is 11.5. The Morgan fingerprint density at radius 2 is 2.30 bits per heavy atom. The predicted octanol–water partition coefficient (Wildman–Crippen LogP) is -0.172. The molecule has 0 aliphatic heterocycles. The van der Waals surface area contributed by atoms with Gasteiger partial charge in [-0.05, 0) is 0 Å². The van der Waals surface area contributed by atoms with Crippen molar-refractivity contribution in [3.05, 3.63) is 18.0 Å². The molecule has 4 heteroatoms. The zero-order valence-electron chi connectivity index (χ0n) is 5.41. The molecule has 0 unspecified atom stereocenters. The lowest BCUT2D eigenvalue weighted by Crippen LogP contribution is -2.00. The molecule has 1 heterocycles. The van der Waals surface area contributed by atoms with Gasteiger partial charge in [-0.3, -0.25) is 4.98 Å². The molecule has 1 aromatic rings. The second-order valence-corrected chi connectivity index (χ2v) is 1.94. The minimum absolute atomic E-state index is 0.0579. The molecule has 0 radical (unpaired) electrons. The third-order valence-corrected chi connectivity index (χ3v) is 1.16. The Kier molecular flexibility index (Phi) is 1.73. The first kappa shape index (κ1) is 6.82. The molecule has 0 spiro atoms. The van der Waals surface area contributed by atoms with Gasteiger partial charge in [0.15, 0.2) is 0 Å². The van der Waals surface area contributed by atoms with Crippen LogP contribution in [0.15, 0.2) is 12.3 Å². The molecule has 0 bridgehead atoms. The Balaban J connectivity index is 3.07. The van der Waals surface area contributed by atoms with Crippen molar-refractivity contribution in [2.24, 2.45) is 5.73 Å². The van der Waals surface area contributed by atoms with Gasteiger partial charge in [0, 0.05) is 12.6 Å². The van der Waals surface area contributed by atoms with E-state index in [1.807, 2.05) is 0 Å². The number of nitrogen functional groups attached to an aromatic ring is 1. The summed E-state index contributed by atoms with van der Waals surface area (Å²) in [5, 5.41) is 9.07. The van der Waals surface area contributed by atoms with Crippen LogP contribution in [0.5, 0.6) is 5.75 Å². The number of nitrogens with zero attached hydrogens (tertiary/aromatic N) is 1. The second kappa shape index (κ2) is 2.53. The Labute approximate surface area is 58.5 Å². The molecule has 0 atom stereocenters. The van der Waals surface area contributed by atoms with Crippen LogP contribution in [-0.2, 0) is 6.54 Å². The lowest BCUT2D eigenvalue weighted by molar-refractivity contribution is 0.465. The molecule has 0 aliphatic rings. The number of nitrogens with two attached hydrogens (primary N) is 2. The molecular formula is C6H9N3O. The van der Waals surface area contributed by atoms with E-state index in [0.717, 1.165) is 0 Å². The smallest absolute Gasteiger partial charge is 0.140 e. The lowest BCUT2D eigenvalue weighted by atomic mass is 10.3. The number of anilines is 1. The van der Waals surface area contributed by atoms with E-state index in [0.29, 0.717) is 11.4 Å². The van der Waals surface area contributed by atoms with Crippen LogP contribution in [0.3, 0.4) is 0 Å². The first-order valence-corrected chi connectivity index (χ1v) is 2.87. The lowest BCUT2D eigenvalue weighted by Gasteiger charge is -1.99. The molecular weight excluding hydrogens is 130 g/mol. The van der Waals surface area contributed by atoms with Crippen molar-refractivity contribution < 1.29 is 5.11 Å². The van der Waals surface area contributed by atoms with Crippen LogP contribution < -0.4 is 11.5 Å². The Hall–Kier alpha value is -1.29. The fourth-order valence-corrected chi connectivity index (χ4v) is 0.654. The average Bonchev–Trinajstić information content (AvgIpc) is 1.88. The molecule has 1 aromatic heterocycles. The molecule has 0 fully saturated rings. The maximum Gasteiger partial charge on any atom is 0.140 e. The van der Waals surface area contributed by atoms with Crippen LogP contribution in [0.2, 0.25) is 0 Å². The van der Waals surface area contributed by atoms with Crippen LogP contribution >= 0.6 is 0 Å². The number of hydrogen-bond donors (Lipinski definition) is 3. The third kappa shape index (κ3) is 1.16. The summed E-state index contributed by atoms with van der Waals surface area (Å²) >= 11 is 0. The standard InChI is InChI=1S/C6H9N3O/c7-2-5-6(10)1-4(8)3-9-5/h1,3,10H,2,7-8H2. The molecule has 0 saturated heterocycles. The molecule has 10 heavy (non-hydrogen) atoms. The summed E-state index contributed by atoms with van der Waals surface area (Å²) in [6.45, 7) is 0.228. The van der Waals surface area contributed by atoms with Crippen molar-refractivity contribution in [2.75, 3.05) is 5.73 Å². The minimum Gasteiger partial charge on any atom is -0.506 e. The zero-order chi connectivity index (χ0) is 7.56. The van der Waals surface area contributed by atoms with Crippen LogP contribution in [0, 0.1) is 0 Å². The van der Waals surface area contributed by atoms with Gasteiger partial charge in [0.05, 0.1) is 17.6 Å². The minimum atomic E-state index is 0.0579. The molecule has 0 aliphatic carbocycles. The fourth-order valence-electron chi connectivity index (χ4n) is 0.654. The van der Waals surface area contributed by atoms with E-state index >= 15 is 0 Å². The van der Waals surface area contributed by atoms with E-state index in [1.54, 1.807) is 0 Å². The van der Waals surface area contributed by atoms with Crippen molar-refractivity contribution in [1.82, 2.24) is 4.98 Å². The summed E-state index contributed by atoms with van der Waals surface area (Å²) in [6, 6.07) is 1.43. The molecule has 0 saturated carbocycles. The van der Waals surface area contributed by atoms with E-state index in [1.165, 1.54) is 12.3 Å². The van der Waals surface area contributed by atoms with E-state index in [9.17, 15) is 0 Å². The van der Waals surface area contributed by atoms with E-state index in [2.05, 4.69) is 4.98 Å². The van der Waals surface area contributed by atoms with E-state index in [-0.39, 0.29) is 12.3 Å². The number of aromatic hydroxyl groups is 1. The SMILES string of the molecule is NCc1ncc(N)cc1O. The van der Waals surface area contributed by atoms with Crippen LogP contribution in [-0.4, -0.2) is 10.1 Å². The molecule has 1 rings (SSSR count). The van der Waals surface area contributed by atoms with Gasteiger partial charge in [-0.15, -0.1) is 0 Å². The third-order valence-electron chi connectivity index (χ3n) is 1.16. The zero-order valence-corrected chi connectivity index (χ0v) is 5.41. The second-order valence-electron chi connectivity index (χ2n) is 1.94. The number of aromatic nitrogens is 1. The average molecular weight is 139 g/mol. The largest absolute Gasteiger partial charge is 0.506 e.